The number of rotatable bonds is 3. The molecule has 0 bridgehead atoms. The maximum Gasteiger partial charge on any atom is 0.274 e. The third-order valence-corrected chi connectivity index (χ3v) is 5.18. The molecule has 4 rings (SSSR count). The topological polar surface area (TPSA) is 89.2 Å². The summed E-state index contributed by atoms with van der Waals surface area (Å²) in [5.41, 5.74) is 3.11. The predicted molar refractivity (Wildman–Crippen MR) is 108 cm³/mol. The molecule has 1 aliphatic rings. The summed E-state index contributed by atoms with van der Waals surface area (Å²) in [7, 11) is 1.54. The Hall–Kier alpha value is -3.49. The highest BCUT2D eigenvalue weighted by Crippen LogP contribution is 2.27. The highest BCUT2D eigenvalue weighted by molar-refractivity contribution is 5.92. The van der Waals surface area contributed by atoms with Crippen LogP contribution in [-0.4, -0.2) is 61.5 Å². The summed E-state index contributed by atoms with van der Waals surface area (Å²) in [5, 5.41) is 8.73. The fraction of sp³-hybridized carbons (Fsp3) is 0.350. The van der Waals surface area contributed by atoms with Crippen LogP contribution >= 0.6 is 0 Å². The van der Waals surface area contributed by atoms with Crippen molar-refractivity contribution in [2.45, 2.75) is 13.8 Å². The summed E-state index contributed by atoms with van der Waals surface area (Å²) < 4.78 is 3.04. The van der Waals surface area contributed by atoms with E-state index < -0.39 is 0 Å². The Labute approximate surface area is 168 Å². The second-order valence-electron chi connectivity index (χ2n) is 7.08. The van der Waals surface area contributed by atoms with Gasteiger partial charge in [0.25, 0.3) is 11.5 Å². The van der Waals surface area contributed by atoms with Gasteiger partial charge in [-0.15, -0.1) is 0 Å². The predicted octanol–water partition coefficient (Wildman–Crippen LogP) is 0.940. The molecule has 0 unspecified atom stereocenters. The van der Waals surface area contributed by atoms with Crippen LogP contribution in [0.2, 0.25) is 0 Å². The zero-order valence-electron chi connectivity index (χ0n) is 16.7. The molecule has 1 saturated heterocycles. The average molecular weight is 393 g/mol. The van der Waals surface area contributed by atoms with Crippen LogP contribution in [0.25, 0.3) is 5.82 Å². The molecular formula is C20H23N7O2. The number of piperazine rings is 1. The smallest absolute Gasteiger partial charge is 0.274 e. The summed E-state index contributed by atoms with van der Waals surface area (Å²) in [6, 6.07) is 8.61. The monoisotopic (exact) mass is 393 g/mol. The van der Waals surface area contributed by atoms with Crippen LogP contribution in [0.3, 0.4) is 0 Å². The van der Waals surface area contributed by atoms with Crippen molar-refractivity contribution in [3.05, 3.63) is 64.0 Å². The molecule has 3 aromatic heterocycles. The van der Waals surface area contributed by atoms with E-state index in [9.17, 15) is 9.59 Å². The van der Waals surface area contributed by atoms with Crippen molar-refractivity contribution in [2.75, 3.05) is 31.1 Å². The molecule has 0 spiro atoms. The number of amides is 1. The first-order valence-corrected chi connectivity index (χ1v) is 9.52. The summed E-state index contributed by atoms with van der Waals surface area (Å²) >= 11 is 0. The zero-order valence-corrected chi connectivity index (χ0v) is 16.7. The van der Waals surface area contributed by atoms with E-state index in [0.29, 0.717) is 26.2 Å². The van der Waals surface area contributed by atoms with E-state index in [1.165, 1.54) is 16.8 Å². The van der Waals surface area contributed by atoms with Crippen LogP contribution in [0.15, 0.2) is 41.3 Å². The molecule has 1 aliphatic heterocycles. The van der Waals surface area contributed by atoms with Crippen molar-refractivity contribution < 1.29 is 4.79 Å². The number of aromatic nitrogens is 5. The van der Waals surface area contributed by atoms with Gasteiger partial charge in [-0.2, -0.15) is 10.2 Å². The van der Waals surface area contributed by atoms with Gasteiger partial charge in [-0.1, -0.05) is 6.07 Å². The summed E-state index contributed by atoms with van der Waals surface area (Å²) in [6.07, 6.45) is 1.75. The second kappa shape index (κ2) is 7.50. The molecule has 4 heterocycles. The molecular weight excluding hydrogens is 370 g/mol. The number of carbonyl (C=O) groups excluding carboxylic acids is 1. The molecule has 0 atom stereocenters. The number of hydrogen-bond acceptors (Lipinski definition) is 6. The number of aryl methyl sites for hydroxylation is 2. The lowest BCUT2D eigenvalue weighted by Crippen LogP contribution is -2.49. The van der Waals surface area contributed by atoms with E-state index in [4.69, 9.17) is 0 Å². The molecule has 0 N–H and O–H groups in total. The van der Waals surface area contributed by atoms with Gasteiger partial charge in [0.15, 0.2) is 5.82 Å². The Kier molecular flexibility index (Phi) is 4.87. The third kappa shape index (κ3) is 3.51. The van der Waals surface area contributed by atoms with E-state index in [1.807, 2.05) is 36.7 Å². The van der Waals surface area contributed by atoms with Gasteiger partial charge in [0.1, 0.15) is 5.69 Å². The molecule has 0 aromatic carbocycles. The van der Waals surface area contributed by atoms with Crippen LogP contribution in [0, 0.1) is 13.8 Å². The molecule has 9 nitrogen and oxygen atoms in total. The molecule has 0 aliphatic carbocycles. The first-order valence-electron chi connectivity index (χ1n) is 9.52. The SMILES string of the molecule is Cc1nn(-c2ccccn2)c(C)c1N1CCN(C(=O)c2ccc(=O)n(C)n2)CC1. The zero-order chi connectivity index (χ0) is 20.5. The number of hydrogen-bond donors (Lipinski definition) is 0. The molecule has 9 heteroatoms. The summed E-state index contributed by atoms with van der Waals surface area (Å²) in [5.74, 6) is 0.631. The molecule has 150 valence electrons. The van der Waals surface area contributed by atoms with E-state index in [2.05, 4.69) is 20.1 Å². The van der Waals surface area contributed by atoms with E-state index in [1.54, 1.807) is 18.1 Å². The minimum absolute atomic E-state index is 0.155. The minimum atomic E-state index is -0.234. The van der Waals surface area contributed by atoms with Crippen LogP contribution in [-0.2, 0) is 7.05 Å². The van der Waals surface area contributed by atoms with Crippen molar-refractivity contribution in [3.8, 4) is 5.82 Å². The Morgan fingerprint density at radius 1 is 1.00 bits per heavy atom. The lowest BCUT2D eigenvalue weighted by Gasteiger charge is -2.36. The highest BCUT2D eigenvalue weighted by Gasteiger charge is 2.27. The van der Waals surface area contributed by atoms with Crippen molar-refractivity contribution in [3.63, 3.8) is 0 Å². The van der Waals surface area contributed by atoms with Gasteiger partial charge in [0.05, 0.1) is 17.1 Å². The Balaban J connectivity index is 1.50. The van der Waals surface area contributed by atoms with Crippen LogP contribution in [0.4, 0.5) is 5.69 Å². The van der Waals surface area contributed by atoms with Crippen LogP contribution in [0.5, 0.6) is 0 Å². The fourth-order valence-corrected chi connectivity index (χ4v) is 3.71. The van der Waals surface area contributed by atoms with Crippen LogP contribution < -0.4 is 10.5 Å². The van der Waals surface area contributed by atoms with Gasteiger partial charge in [0.2, 0.25) is 0 Å². The van der Waals surface area contributed by atoms with Gasteiger partial charge in [-0.25, -0.2) is 14.3 Å². The van der Waals surface area contributed by atoms with Gasteiger partial charge >= 0.3 is 0 Å². The van der Waals surface area contributed by atoms with Crippen molar-refractivity contribution in [2.24, 2.45) is 7.05 Å². The van der Waals surface area contributed by atoms with Gasteiger partial charge in [-0.3, -0.25) is 9.59 Å². The number of anilines is 1. The Morgan fingerprint density at radius 3 is 2.41 bits per heavy atom. The lowest BCUT2D eigenvalue weighted by molar-refractivity contribution is 0.0738. The lowest BCUT2D eigenvalue weighted by atomic mass is 10.2. The number of pyridine rings is 1. The molecule has 0 saturated carbocycles. The van der Waals surface area contributed by atoms with E-state index in [-0.39, 0.29) is 17.2 Å². The Bertz CT molecular complexity index is 1100. The molecule has 1 fully saturated rings. The fourth-order valence-electron chi connectivity index (χ4n) is 3.71. The molecule has 3 aromatic rings. The summed E-state index contributed by atoms with van der Waals surface area (Å²) in [4.78, 5) is 32.7. The third-order valence-electron chi connectivity index (χ3n) is 5.18. The molecule has 29 heavy (non-hydrogen) atoms. The van der Waals surface area contributed by atoms with Gasteiger partial charge in [-0.05, 0) is 32.0 Å². The molecule has 0 radical (unpaired) electrons. The quantitative estimate of drug-likeness (QED) is 0.658. The second-order valence-corrected chi connectivity index (χ2v) is 7.08. The Morgan fingerprint density at radius 2 is 1.76 bits per heavy atom. The van der Waals surface area contributed by atoms with Crippen LogP contribution in [0.1, 0.15) is 21.9 Å². The maximum absolute atomic E-state index is 12.7. The minimum Gasteiger partial charge on any atom is -0.365 e. The van der Waals surface area contributed by atoms with E-state index in [0.717, 1.165) is 22.9 Å². The van der Waals surface area contributed by atoms with Crippen molar-refractivity contribution in [1.82, 2.24) is 29.4 Å². The number of nitrogens with zero attached hydrogens (tertiary/aromatic N) is 7. The first kappa shape index (κ1) is 18.9. The van der Waals surface area contributed by atoms with Gasteiger partial charge < -0.3 is 9.80 Å². The van der Waals surface area contributed by atoms with Crippen molar-refractivity contribution in [1.29, 1.82) is 0 Å². The van der Waals surface area contributed by atoms with Gasteiger partial charge in [0, 0.05) is 45.5 Å². The number of carbonyl (C=O) groups is 1. The largest absolute Gasteiger partial charge is 0.365 e. The normalized spacial score (nSPS) is 14.3. The average Bonchev–Trinajstić information content (AvgIpc) is 3.04. The summed E-state index contributed by atoms with van der Waals surface area (Å²) in [6.45, 7) is 6.60. The van der Waals surface area contributed by atoms with Crippen molar-refractivity contribution >= 4 is 11.6 Å². The van der Waals surface area contributed by atoms with E-state index >= 15 is 0 Å². The first-order chi connectivity index (χ1) is 14.0. The standard InChI is InChI=1S/C20H23N7O2/c1-14-19(15(2)27(22-14)17-6-4-5-9-21-17)25-10-12-26(13-11-25)20(29)16-7-8-18(28)24(3)23-16/h4-9H,10-13H2,1-3H3. The maximum atomic E-state index is 12.7. The highest BCUT2D eigenvalue weighted by atomic mass is 16.2. The molecule has 1 amide bonds.